The lowest BCUT2D eigenvalue weighted by Crippen LogP contribution is -2.41. The number of nitrogens with zero attached hydrogens (tertiary/aromatic N) is 1. The third-order valence-corrected chi connectivity index (χ3v) is 4.20. The van der Waals surface area contributed by atoms with Crippen LogP contribution in [0.3, 0.4) is 0 Å². The molecule has 1 unspecified atom stereocenters. The second-order valence-electron chi connectivity index (χ2n) is 6.82. The van der Waals surface area contributed by atoms with Gasteiger partial charge in [0, 0.05) is 36.4 Å². The van der Waals surface area contributed by atoms with Crippen LogP contribution in [0.1, 0.15) is 41.0 Å². The molecule has 1 atom stereocenters. The van der Waals surface area contributed by atoms with Crippen LogP contribution in [0.2, 0.25) is 0 Å². The Morgan fingerprint density at radius 3 is 2.26 bits per heavy atom. The minimum Gasteiger partial charge on any atom is -0.348 e. The van der Waals surface area contributed by atoms with Gasteiger partial charge in [-0.25, -0.2) is 0 Å². The van der Waals surface area contributed by atoms with Crippen molar-refractivity contribution in [3.8, 4) is 0 Å². The summed E-state index contributed by atoms with van der Waals surface area (Å²) in [7, 11) is 1.72. The van der Waals surface area contributed by atoms with Crippen LogP contribution in [0.4, 0.5) is 5.69 Å². The zero-order valence-corrected chi connectivity index (χ0v) is 16.8. The van der Waals surface area contributed by atoms with E-state index in [1.54, 1.807) is 36.2 Å². The van der Waals surface area contributed by atoms with Crippen molar-refractivity contribution in [3.05, 3.63) is 65.7 Å². The molecule has 6 heteroatoms. The summed E-state index contributed by atoms with van der Waals surface area (Å²) in [4.78, 5) is 26.8. The Bertz CT molecular complexity index is 750. The first kappa shape index (κ1) is 22.7. The number of benzene rings is 2. The SMILES string of the molecule is CC(C)CC(CN)NC(=O)c1cccc(C(=O)N(C)c2ccccc2)c1.Cl. The van der Waals surface area contributed by atoms with E-state index in [9.17, 15) is 9.59 Å². The molecule has 2 amide bonds. The van der Waals surface area contributed by atoms with E-state index in [4.69, 9.17) is 5.73 Å². The summed E-state index contributed by atoms with van der Waals surface area (Å²) in [6.07, 6.45) is 0.817. The molecule has 0 aromatic heterocycles. The van der Waals surface area contributed by atoms with Crippen molar-refractivity contribution >= 4 is 29.9 Å². The smallest absolute Gasteiger partial charge is 0.258 e. The van der Waals surface area contributed by atoms with E-state index in [0.29, 0.717) is 23.6 Å². The summed E-state index contributed by atoms with van der Waals surface area (Å²) in [6, 6.07) is 16.1. The molecule has 2 rings (SSSR count). The van der Waals surface area contributed by atoms with E-state index >= 15 is 0 Å². The van der Waals surface area contributed by atoms with E-state index < -0.39 is 0 Å². The number of halogens is 1. The topological polar surface area (TPSA) is 75.4 Å². The number of para-hydroxylation sites is 1. The highest BCUT2D eigenvalue weighted by Gasteiger charge is 2.17. The number of hydrogen-bond acceptors (Lipinski definition) is 3. The Morgan fingerprint density at radius 2 is 1.67 bits per heavy atom. The average Bonchev–Trinajstić information content (AvgIpc) is 2.66. The lowest BCUT2D eigenvalue weighted by molar-refractivity contribution is 0.0933. The van der Waals surface area contributed by atoms with Crippen LogP contribution in [0.25, 0.3) is 0 Å². The van der Waals surface area contributed by atoms with Crippen molar-refractivity contribution in [1.82, 2.24) is 5.32 Å². The van der Waals surface area contributed by atoms with Gasteiger partial charge in [-0.1, -0.05) is 38.1 Å². The first-order chi connectivity index (χ1) is 12.4. The van der Waals surface area contributed by atoms with E-state index in [-0.39, 0.29) is 30.3 Å². The van der Waals surface area contributed by atoms with Gasteiger partial charge in [-0.15, -0.1) is 12.4 Å². The number of rotatable bonds is 7. The molecule has 0 aliphatic carbocycles. The highest BCUT2D eigenvalue weighted by atomic mass is 35.5. The zero-order valence-electron chi connectivity index (χ0n) is 16.0. The van der Waals surface area contributed by atoms with E-state index in [2.05, 4.69) is 19.2 Å². The molecule has 5 nitrogen and oxygen atoms in total. The first-order valence-electron chi connectivity index (χ1n) is 8.86. The van der Waals surface area contributed by atoms with Crippen molar-refractivity contribution in [1.29, 1.82) is 0 Å². The van der Waals surface area contributed by atoms with Crippen molar-refractivity contribution in [2.45, 2.75) is 26.3 Å². The Labute approximate surface area is 167 Å². The first-order valence-corrected chi connectivity index (χ1v) is 8.86. The maximum absolute atomic E-state index is 12.7. The Hall–Kier alpha value is -2.37. The summed E-state index contributed by atoms with van der Waals surface area (Å²) in [5, 5.41) is 2.95. The maximum Gasteiger partial charge on any atom is 0.258 e. The largest absolute Gasteiger partial charge is 0.348 e. The van der Waals surface area contributed by atoms with Crippen LogP contribution >= 0.6 is 12.4 Å². The van der Waals surface area contributed by atoms with Gasteiger partial charge in [0.05, 0.1) is 0 Å². The van der Waals surface area contributed by atoms with Crippen LogP contribution in [0.15, 0.2) is 54.6 Å². The van der Waals surface area contributed by atoms with Crippen LogP contribution in [-0.2, 0) is 0 Å². The van der Waals surface area contributed by atoms with Gasteiger partial charge in [0.25, 0.3) is 11.8 Å². The highest BCUT2D eigenvalue weighted by Crippen LogP contribution is 2.16. The van der Waals surface area contributed by atoms with Gasteiger partial charge in [0.15, 0.2) is 0 Å². The zero-order chi connectivity index (χ0) is 19.1. The fourth-order valence-electron chi connectivity index (χ4n) is 2.81. The van der Waals surface area contributed by atoms with Gasteiger partial charge in [-0.2, -0.15) is 0 Å². The molecule has 27 heavy (non-hydrogen) atoms. The third kappa shape index (κ3) is 6.38. The summed E-state index contributed by atoms with van der Waals surface area (Å²) in [6.45, 7) is 4.57. The summed E-state index contributed by atoms with van der Waals surface area (Å²) in [5.41, 5.74) is 7.48. The number of carbonyl (C=O) groups is 2. The standard InChI is InChI=1S/C21H27N3O2.ClH/c1-15(2)12-18(14-22)23-20(25)16-8-7-9-17(13-16)21(26)24(3)19-10-5-4-6-11-19;/h4-11,13,15,18H,12,14,22H2,1-3H3,(H,23,25);1H. The van der Waals surface area contributed by atoms with Gasteiger partial charge in [-0.3, -0.25) is 9.59 Å². The van der Waals surface area contributed by atoms with Gasteiger partial charge < -0.3 is 16.0 Å². The number of nitrogens with two attached hydrogens (primary N) is 1. The normalized spacial score (nSPS) is 11.4. The number of hydrogen-bond donors (Lipinski definition) is 2. The van der Waals surface area contributed by atoms with Crippen LogP contribution in [0, 0.1) is 5.92 Å². The molecule has 0 spiro atoms. The Kier molecular flexibility index (Phi) is 8.98. The minimum absolute atomic E-state index is 0. The second kappa shape index (κ2) is 10.7. The number of nitrogens with one attached hydrogen (secondary N) is 1. The maximum atomic E-state index is 12.7. The third-order valence-electron chi connectivity index (χ3n) is 4.20. The molecular weight excluding hydrogens is 362 g/mol. The van der Waals surface area contributed by atoms with E-state index in [0.717, 1.165) is 12.1 Å². The second-order valence-corrected chi connectivity index (χ2v) is 6.82. The van der Waals surface area contributed by atoms with Gasteiger partial charge in [0.2, 0.25) is 0 Å². The summed E-state index contributed by atoms with van der Waals surface area (Å²) in [5.74, 6) is 0.0674. The number of carbonyl (C=O) groups excluding carboxylic acids is 2. The molecular formula is C21H28ClN3O2. The molecule has 0 saturated carbocycles. The molecule has 3 N–H and O–H groups in total. The molecule has 2 aromatic carbocycles. The molecule has 0 fully saturated rings. The lowest BCUT2D eigenvalue weighted by atomic mass is 10.0. The fraction of sp³-hybridized carbons (Fsp3) is 0.333. The molecule has 2 aromatic rings. The predicted molar refractivity (Wildman–Crippen MR) is 113 cm³/mol. The van der Waals surface area contributed by atoms with Gasteiger partial charge in [0.1, 0.15) is 0 Å². The van der Waals surface area contributed by atoms with Crippen LogP contribution in [0.5, 0.6) is 0 Å². The lowest BCUT2D eigenvalue weighted by Gasteiger charge is -2.20. The average molecular weight is 390 g/mol. The molecule has 0 bridgehead atoms. The van der Waals surface area contributed by atoms with Gasteiger partial charge >= 0.3 is 0 Å². The molecule has 0 aliphatic heterocycles. The van der Waals surface area contributed by atoms with Crippen LogP contribution in [-0.4, -0.2) is 31.4 Å². The van der Waals surface area contributed by atoms with Crippen molar-refractivity contribution in [3.63, 3.8) is 0 Å². The van der Waals surface area contributed by atoms with Crippen molar-refractivity contribution in [2.75, 3.05) is 18.5 Å². The van der Waals surface area contributed by atoms with Gasteiger partial charge in [-0.05, 0) is 42.7 Å². The monoisotopic (exact) mass is 389 g/mol. The van der Waals surface area contributed by atoms with E-state index in [1.165, 1.54) is 0 Å². The quantitative estimate of drug-likeness (QED) is 0.761. The molecule has 0 heterocycles. The highest BCUT2D eigenvalue weighted by molar-refractivity contribution is 6.07. The summed E-state index contributed by atoms with van der Waals surface area (Å²) < 4.78 is 0. The number of anilines is 1. The summed E-state index contributed by atoms with van der Waals surface area (Å²) >= 11 is 0. The molecule has 146 valence electrons. The predicted octanol–water partition coefficient (Wildman–Crippen LogP) is 3.49. The Balaban J connectivity index is 0.00000364. The Morgan fingerprint density at radius 1 is 1.04 bits per heavy atom. The van der Waals surface area contributed by atoms with Crippen molar-refractivity contribution < 1.29 is 9.59 Å². The van der Waals surface area contributed by atoms with Crippen molar-refractivity contribution in [2.24, 2.45) is 11.7 Å². The number of amides is 2. The fourth-order valence-corrected chi connectivity index (χ4v) is 2.81. The molecule has 0 aliphatic rings. The minimum atomic E-state index is -0.210. The molecule has 0 saturated heterocycles. The van der Waals surface area contributed by atoms with E-state index in [1.807, 2.05) is 30.3 Å². The van der Waals surface area contributed by atoms with Crippen LogP contribution < -0.4 is 16.0 Å². The molecule has 0 radical (unpaired) electrons.